The SMILES string of the molecule is Cc1cccc(C)c1C1=CC=CC(COc2ccc(/C=C3/SC(=O)NC3=O)s2)C1. The first-order chi connectivity index (χ1) is 14.0. The molecule has 1 aromatic carbocycles. The molecule has 1 saturated heterocycles. The number of carbonyl (C=O) groups excluding carboxylic acids is 2. The molecule has 4 nitrogen and oxygen atoms in total. The largest absolute Gasteiger partial charge is 0.483 e. The number of ether oxygens (including phenoxy) is 1. The van der Waals surface area contributed by atoms with Crippen LogP contribution in [0.3, 0.4) is 0 Å². The average molecular weight is 424 g/mol. The number of allylic oxidation sites excluding steroid dienone is 3. The highest BCUT2D eigenvalue weighted by molar-refractivity contribution is 8.18. The van der Waals surface area contributed by atoms with Gasteiger partial charge in [0.1, 0.15) is 0 Å². The lowest BCUT2D eigenvalue weighted by molar-refractivity contribution is -0.115. The minimum Gasteiger partial charge on any atom is -0.483 e. The quantitative estimate of drug-likeness (QED) is 0.624. The zero-order valence-corrected chi connectivity index (χ0v) is 17.9. The minimum absolute atomic E-state index is 0.312. The van der Waals surface area contributed by atoms with Gasteiger partial charge in [-0.2, -0.15) is 0 Å². The number of hydrogen-bond donors (Lipinski definition) is 1. The van der Waals surface area contributed by atoms with Gasteiger partial charge in [-0.3, -0.25) is 14.9 Å². The maximum Gasteiger partial charge on any atom is 0.290 e. The molecule has 2 amide bonds. The highest BCUT2D eigenvalue weighted by atomic mass is 32.2. The molecule has 2 aromatic rings. The van der Waals surface area contributed by atoms with E-state index in [1.165, 1.54) is 33.6 Å². The van der Waals surface area contributed by atoms with Gasteiger partial charge in [0.15, 0.2) is 5.06 Å². The van der Waals surface area contributed by atoms with E-state index in [1.54, 1.807) is 6.08 Å². The van der Waals surface area contributed by atoms with Crippen LogP contribution in [0.5, 0.6) is 5.06 Å². The van der Waals surface area contributed by atoms with E-state index in [4.69, 9.17) is 4.74 Å². The van der Waals surface area contributed by atoms with Gasteiger partial charge in [-0.1, -0.05) is 47.8 Å². The number of benzene rings is 1. The molecule has 2 aliphatic rings. The molecule has 1 fully saturated rings. The normalized spacial score (nSPS) is 20.1. The van der Waals surface area contributed by atoms with Crippen molar-refractivity contribution in [3.63, 3.8) is 0 Å². The van der Waals surface area contributed by atoms with Gasteiger partial charge >= 0.3 is 0 Å². The number of carbonyl (C=O) groups is 2. The van der Waals surface area contributed by atoms with Gasteiger partial charge in [0.25, 0.3) is 11.1 Å². The summed E-state index contributed by atoms with van der Waals surface area (Å²) in [4.78, 5) is 24.2. The monoisotopic (exact) mass is 423 g/mol. The molecule has 0 radical (unpaired) electrons. The molecular formula is C23H21NO3S2. The summed E-state index contributed by atoms with van der Waals surface area (Å²) in [5.74, 6) is -0.0271. The molecule has 1 N–H and O–H groups in total. The molecule has 148 valence electrons. The molecule has 6 heteroatoms. The van der Waals surface area contributed by atoms with Crippen molar-refractivity contribution in [2.24, 2.45) is 5.92 Å². The van der Waals surface area contributed by atoms with E-state index in [0.29, 0.717) is 17.4 Å². The number of rotatable bonds is 5. The van der Waals surface area contributed by atoms with E-state index in [9.17, 15) is 9.59 Å². The molecule has 4 rings (SSSR count). The highest BCUT2D eigenvalue weighted by Gasteiger charge is 2.25. The van der Waals surface area contributed by atoms with Crippen LogP contribution in [0.1, 0.15) is 28.0 Å². The average Bonchev–Trinajstić information content (AvgIpc) is 3.26. The van der Waals surface area contributed by atoms with Crippen LogP contribution in [0.25, 0.3) is 11.6 Å². The molecule has 2 heterocycles. The Labute approximate surface area is 178 Å². The molecule has 1 unspecified atom stereocenters. The molecule has 0 spiro atoms. The van der Waals surface area contributed by atoms with Crippen LogP contribution in [0.2, 0.25) is 0 Å². The maximum absolute atomic E-state index is 11.7. The fourth-order valence-electron chi connectivity index (χ4n) is 3.60. The fourth-order valence-corrected chi connectivity index (χ4v) is 5.15. The standard InChI is InChI=1S/C23H21NO3S2/c1-14-5-3-6-15(2)21(14)17-8-4-7-16(11-17)13-27-20-10-9-18(28-20)12-19-22(25)24-23(26)29-19/h3-10,12,16H,11,13H2,1-2H3,(H,24,25,26)/b19-12+. The van der Waals surface area contributed by atoms with Crippen LogP contribution in [0.4, 0.5) is 4.79 Å². The predicted molar refractivity (Wildman–Crippen MR) is 120 cm³/mol. The Morgan fingerprint density at radius 2 is 1.97 bits per heavy atom. The van der Waals surface area contributed by atoms with Crippen molar-refractivity contribution in [3.05, 3.63) is 75.0 Å². The zero-order chi connectivity index (χ0) is 20.4. The van der Waals surface area contributed by atoms with Crippen molar-refractivity contribution in [3.8, 4) is 5.06 Å². The molecular weight excluding hydrogens is 402 g/mol. The van der Waals surface area contributed by atoms with E-state index < -0.39 is 0 Å². The van der Waals surface area contributed by atoms with Gasteiger partial charge in [0.05, 0.1) is 11.5 Å². The second-order valence-corrected chi connectivity index (χ2v) is 9.22. The first-order valence-electron chi connectivity index (χ1n) is 9.41. The topological polar surface area (TPSA) is 55.4 Å². The third-order valence-electron chi connectivity index (χ3n) is 4.92. The zero-order valence-electron chi connectivity index (χ0n) is 16.2. The Hall–Kier alpha value is -2.57. The summed E-state index contributed by atoms with van der Waals surface area (Å²) >= 11 is 2.40. The Morgan fingerprint density at radius 1 is 1.17 bits per heavy atom. The number of hydrogen-bond acceptors (Lipinski definition) is 5. The predicted octanol–water partition coefficient (Wildman–Crippen LogP) is 5.73. The van der Waals surface area contributed by atoms with Gasteiger partial charge in [-0.25, -0.2) is 0 Å². The minimum atomic E-state index is -0.339. The Kier molecular flexibility index (Phi) is 5.74. The second kappa shape index (κ2) is 8.43. The van der Waals surface area contributed by atoms with Gasteiger partial charge in [0.2, 0.25) is 0 Å². The van der Waals surface area contributed by atoms with Crippen molar-refractivity contribution in [1.29, 1.82) is 0 Å². The van der Waals surface area contributed by atoms with Crippen LogP contribution in [0, 0.1) is 19.8 Å². The van der Waals surface area contributed by atoms with E-state index >= 15 is 0 Å². The van der Waals surface area contributed by atoms with Crippen molar-refractivity contribution in [1.82, 2.24) is 5.32 Å². The highest BCUT2D eigenvalue weighted by Crippen LogP contribution is 2.34. The van der Waals surface area contributed by atoms with Gasteiger partial charge in [-0.15, -0.1) is 0 Å². The maximum atomic E-state index is 11.7. The van der Waals surface area contributed by atoms with Crippen LogP contribution < -0.4 is 10.1 Å². The second-order valence-electron chi connectivity index (χ2n) is 7.13. The molecule has 1 atom stereocenters. The number of amides is 2. The number of thioether (sulfide) groups is 1. The summed E-state index contributed by atoms with van der Waals surface area (Å²) in [6, 6.07) is 10.2. The van der Waals surface area contributed by atoms with Gasteiger partial charge < -0.3 is 4.74 Å². The van der Waals surface area contributed by atoms with Crippen molar-refractivity contribution in [2.45, 2.75) is 20.3 Å². The molecule has 1 aliphatic carbocycles. The number of thiophene rings is 1. The first kappa shape index (κ1) is 19.7. The number of imide groups is 1. The van der Waals surface area contributed by atoms with Crippen LogP contribution in [-0.2, 0) is 4.79 Å². The summed E-state index contributed by atoms with van der Waals surface area (Å²) < 4.78 is 6.02. The van der Waals surface area contributed by atoms with E-state index in [-0.39, 0.29) is 11.1 Å². The van der Waals surface area contributed by atoms with Crippen LogP contribution in [-0.4, -0.2) is 17.8 Å². The molecule has 0 bridgehead atoms. The molecule has 1 aliphatic heterocycles. The van der Waals surface area contributed by atoms with Crippen molar-refractivity contribution >= 4 is 45.9 Å². The lowest BCUT2D eigenvalue weighted by Gasteiger charge is -2.21. The smallest absolute Gasteiger partial charge is 0.290 e. The van der Waals surface area contributed by atoms with E-state index in [2.05, 4.69) is 55.6 Å². The summed E-state index contributed by atoms with van der Waals surface area (Å²) in [6.45, 7) is 4.92. The third-order valence-corrected chi connectivity index (χ3v) is 6.68. The summed E-state index contributed by atoms with van der Waals surface area (Å²) in [5, 5.41) is 2.75. The van der Waals surface area contributed by atoms with Crippen molar-refractivity contribution in [2.75, 3.05) is 6.61 Å². The summed E-state index contributed by atoms with van der Waals surface area (Å²) in [6.07, 6.45) is 9.19. The van der Waals surface area contributed by atoms with Crippen LogP contribution >= 0.6 is 23.1 Å². The molecule has 0 saturated carbocycles. The Morgan fingerprint density at radius 3 is 2.69 bits per heavy atom. The first-order valence-corrected chi connectivity index (χ1v) is 11.0. The Balaban J connectivity index is 1.38. The third kappa shape index (κ3) is 4.54. The number of nitrogens with one attached hydrogen (secondary N) is 1. The van der Waals surface area contributed by atoms with E-state index in [1.807, 2.05) is 12.1 Å². The van der Waals surface area contributed by atoms with Crippen LogP contribution in [0.15, 0.2) is 53.5 Å². The van der Waals surface area contributed by atoms with Crippen molar-refractivity contribution < 1.29 is 14.3 Å². The molecule has 29 heavy (non-hydrogen) atoms. The number of aryl methyl sites for hydroxylation is 2. The van der Waals surface area contributed by atoms with E-state index in [0.717, 1.165) is 28.1 Å². The Bertz CT molecular complexity index is 1040. The lowest BCUT2D eigenvalue weighted by atomic mass is 9.86. The fraction of sp³-hybridized carbons (Fsp3) is 0.217. The molecule has 1 aromatic heterocycles. The summed E-state index contributed by atoms with van der Waals surface area (Å²) in [5.41, 5.74) is 5.29. The lowest BCUT2D eigenvalue weighted by Crippen LogP contribution is -2.17. The summed E-state index contributed by atoms with van der Waals surface area (Å²) in [7, 11) is 0. The van der Waals surface area contributed by atoms with Gasteiger partial charge in [0, 0.05) is 10.8 Å². The van der Waals surface area contributed by atoms with Gasteiger partial charge in [-0.05, 0) is 72.5 Å².